The third-order valence-electron chi connectivity index (χ3n) is 3.04. The topological polar surface area (TPSA) is 16.1 Å². The van der Waals surface area contributed by atoms with Crippen molar-refractivity contribution in [3.8, 4) is 0 Å². The quantitative estimate of drug-likeness (QED) is 0.770. The summed E-state index contributed by atoms with van der Waals surface area (Å²) in [5.74, 6) is 0. The molecule has 2 aromatic rings. The Morgan fingerprint density at radius 1 is 1.16 bits per heavy atom. The van der Waals surface area contributed by atoms with Gasteiger partial charge in [-0.2, -0.15) is 0 Å². The van der Waals surface area contributed by atoms with E-state index in [1.807, 2.05) is 12.4 Å². The first-order valence-corrected chi connectivity index (χ1v) is 7.48. The first-order chi connectivity index (χ1) is 9.29. The van der Waals surface area contributed by atoms with E-state index in [2.05, 4.69) is 69.1 Å². The Morgan fingerprint density at radius 3 is 2.63 bits per heavy atom. The van der Waals surface area contributed by atoms with E-state index in [0.717, 1.165) is 17.6 Å². The summed E-state index contributed by atoms with van der Waals surface area (Å²) in [6.07, 6.45) is 6.17. The molecule has 2 nitrogen and oxygen atoms in total. The Balaban J connectivity index is 2.14. The fourth-order valence-corrected chi connectivity index (χ4v) is 2.46. The Labute approximate surface area is 123 Å². The van der Waals surface area contributed by atoms with Crippen molar-refractivity contribution in [2.75, 3.05) is 11.4 Å². The third kappa shape index (κ3) is 4.35. The number of benzene rings is 1. The highest BCUT2D eigenvalue weighted by molar-refractivity contribution is 9.10. The Bertz CT molecular complexity index is 499. The van der Waals surface area contributed by atoms with Crippen LogP contribution in [0.3, 0.4) is 0 Å². The molecule has 0 aliphatic heterocycles. The van der Waals surface area contributed by atoms with Crippen molar-refractivity contribution in [1.29, 1.82) is 0 Å². The van der Waals surface area contributed by atoms with E-state index < -0.39 is 0 Å². The molecule has 0 N–H and O–H groups in total. The van der Waals surface area contributed by atoms with Crippen LogP contribution in [0, 0.1) is 0 Å². The van der Waals surface area contributed by atoms with Crippen molar-refractivity contribution in [2.24, 2.45) is 0 Å². The highest BCUT2D eigenvalue weighted by atomic mass is 79.9. The molecule has 0 unspecified atom stereocenters. The van der Waals surface area contributed by atoms with Gasteiger partial charge in [0.25, 0.3) is 0 Å². The molecule has 2 rings (SSSR count). The number of halogens is 1. The first-order valence-electron chi connectivity index (χ1n) is 6.69. The van der Waals surface area contributed by atoms with Gasteiger partial charge < -0.3 is 4.90 Å². The summed E-state index contributed by atoms with van der Waals surface area (Å²) < 4.78 is 1.04. The Morgan fingerprint density at radius 2 is 1.95 bits per heavy atom. The predicted molar refractivity (Wildman–Crippen MR) is 84.3 cm³/mol. The molecule has 0 atom stereocenters. The number of anilines is 1. The Kier molecular flexibility index (Phi) is 5.40. The fraction of sp³-hybridized carbons (Fsp3) is 0.312. The van der Waals surface area contributed by atoms with Crippen molar-refractivity contribution in [3.63, 3.8) is 0 Å². The van der Waals surface area contributed by atoms with E-state index in [9.17, 15) is 0 Å². The van der Waals surface area contributed by atoms with Crippen LogP contribution in [0.4, 0.5) is 5.69 Å². The van der Waals surface area contributed by atoms with Crippen LogP contribution in [0.2, 0.25) is 0 Å². The van der Waals surface area contributed by atoms with Gasteiger partial charge in [-0.25, -0.2) is 0 Å². The van der Waals surface area contributed by atoms with Crippen LogP contribution in [0.1, 0.15) is 25.3 Å². The third-order valence-corrected chi connectivity index (χ3v) is 3.47. The summed E-state index contributed by atoms with van der Waals surface area (Å²) in [5, 5.41) is 0. The van der Waals surface area contributed by atoms with Gasteiger partial charge >= 0.3 is 0 Å². The summed E-state index contributed by atoms with van der Waals surface area (Å²) in [6.45, 7) is 4.20. The van der Waals surface area contributed by atoms with Crippen molar-refractivity contribution in [1.82, 2.24) is 4.98 Å². The first kappa shape index (κ1) is 14.1. The molecule has 0 aliphatic rings. The maximum atomic E-state index is 4.24. The monoisotopic (exact) mass is 318 g/mol. The van der Waals surface area contributed by atoms with Gasteiger partial charge in [-0.3, -0.25) is 4.98 Å². The van der Waals surface area contributed by atoms with Crippen molar-refractivity contribution in [3.05, 3.63) is 58.8 Å². The van der Waals surface area contributed by atoms with E-state index in [0.29, 0.717) is 0 Å². The van der Waals surface area contributed by atoms with Crippen LogP contribution in [0.25, 0.3) is 0 Å². The summed E-state index contributed by atoms with van der Waals surface area (Å²) in [7, 11) is 0. The minimum atomic E-state index is 0.899. The lowest BCUT2D eigenvalue weighted by atomic mass is 10.2. The van der Waals surface area contributed by atoms with Gasteiger partial charge in [0, 0.05) is 35.6 Å². The molecule has 3 heteroatoms. The zero-order valence-electron chi connectivity index (χ0n) is 11.2. The van der Waals surface area contributed by atoms with Gasteiger partial charge in [-0.15, -0.1) is 0 Å². The van der Waals surface area contributed by atoms with Gasteiger partial charge in [-0.1, -0.05) is 31.5 Å². The van der Waals surface area contributed by atoms with Gasteiger partial charge in [0.2, 0.25) is 0 Å². The maximum absolute atomic E-state index is 4.24. The molecule has 1 aromatic carbocycles. The van der Waals surface area contributed by atoms with E-state index in [1.54, 1.807) is 0 Å². The van der Waals surface area contributed by atoms with Gasteiger partial charge in [-0.05, 0) is 46.1 Å². The molecule has 1 aromatic heterocycles. The van der Waals surface area contributed by atoms with Crippen LogP contribution in [0.15, 0.2) is 53.3 Å². The van der Waals surface area contributed by atoms with Crippen molar-refractivity contribution < 1.29 is 0 Å². The maximum Gasteiger partial charge on any atom is 0.0445 e. The highest BCUT2D eigenvalue weighted by Crippen LogP contribution is 2.18. The van der Waals surface area contributed by atoms with Crippen molar-refractivity contribution in [2.45, 2.75) is 26.3 Å². The number of pyridine rings is 1. The number of rotatable bonds is 6. The number of hydrogen-bond donors (Lipinski definition) is 0. The van der Waals surface area contributed by atoms with E-state index >= 15 is 0 Å². The SMILES string of the molecule is CCCCN(Cc1cncc(Br)c1)c1ccccc1. The van der Waals surface area contributed by atoms with Crippen LogP contribution in [-0.2, 0) is 6.54 Å². The summed E-state index contributed by atoms with van der Waals surface area (Å²) in [4.78, 5) is 6.65. The zero-order valence-corrected chi connectivity index (χ0v) is 12.8. The minimum Gasteiger partial charge on any atom is -0.367 e. The van der Waals surface area contributed by atoms with E-state index in [4.69, 9.17) is 0 Å². The molecule has 0 bridgehead atoms. The van der Waals surface area contributed by atoms with E-state index in [-0.39, 0.29) is 0 Å². The second kappa shape index (κ2) is 7.29. The molecule has 0 spiro atoms. The lowest BCUT2D eigenvalue weighted by molar-refractivity contribution is 0.714. The molecule has 1 heterocycles. The fourth-order valence-electron chi connectivity index (χ4n) is 2.05. The number of unbranched alkanes of at least 4 members (excludes halogenated alkanes) is 1. The Hall–Kier alpha value is -1.35. The average molecular weight is 319 g/mol. The molecule has 100 valence electrons. The average Bonchev–Trinajstić information content (AvgIpc) is 2.44. The van der Waals surface area contributed by atoms with Crippen LogP contribution in [0.5, 0.6) is 0 Å². The normalized spacial score (nSPS) is 10.4. The van der Waals surface area contributed by atoms with Gasteiger partial charge in [0.15, 0.2) is 0 Å². The van der Waals surface area contributed by atoms with Gasteiger partial charge in [0.1, 0.15) is 0 Å². The lowest BCUT2D eigenvalue weighted by Gasteiger charge is -2.24. The summed E-state index contributed by atoms with van der Waals surface area (Å²) in [5.41, 5.74) is 2.50. The molecule has 0 radical (unpaired) electrons. The predicted octanol–water partition coefficient (Wildman–Crippen LogP) is 4.65. The molecule has 0 fully saturated rings. The number of nitrogens with zero attached hydrogens (tertiary/aromatic N) is 2. The standard InChI is InChI=1S/C16H19BrN2/c1-2-3-9-19(16-7-5-4-6-8-16)13-14-10-15(17)12-18-11-14/h4-8,10-12H,2-3,9,13H2,1H3. The van der Waals surface area contributed by atoms with Crippen molar-refractivity contribution >= 4 is 21.6 Å². The lowest BCUT2D eigenvalue weighted by Crippen LogP contribution is -2.23. The molecule has 0 amide bonds. The summed E-state index contributed by atoms with van der Waals surface area (Å²) >= 11 is 3.48. The minimum absolute atomic E-state index is 0.899. The molecular formula is C16H19BrN2. The number of hydrogen-bond acceptors (Lipinski definition) is 2. The largest absolute Gasteiger partial charge is 0.367 e. The molecule has 19 heavy (non-hydrogen) atoms. The zero-order chi connectivity index (χ0) is 13.5. The second-order valence-corrected chi connectivity index (χ2v) is 5.54. The molecule has 0 saturated heterocycles. The highest BCUT2D eigenvalue weighted by Gasteiger charge is 2.07. The molecule has 0 aliphatic carbocycles. The molecular weight excluding hydrogens is 300 g/mol. The number of para-hydroxylation sites is 1. The van der Waals surface area contributed by atoms with Crippen LogP contribution < -0.4 is 4.90 Å². The second-order valence-electron chi connectivity index (χ2n) is 4.62. The van der Waals surface area contributed by atoms with Gasteiger partial charge in [0.05, 0.1) is 0 Å². The van der Waals surface area contributed by atoms with E-state index in [1.165, 1.54) is 24.1 Å². The van der Waals surface area contributed by atoms with Crippen LogP contribution >= 0.6 is 15.9 Å². The molecule has 0 saturated carbocycles. The summed E-state index contributed by atoms with van der Waals surface area (Å²) in [6, 6.07) is 12.7. The van der Waals surface area contributed by atoms with Crippen LogP contribution in [-0.4, -0.2) is 11.5 Å². The smallest absolute Gasteiger partial charge is 0.0445 e. The number of aromatic nitrogens is 1.